The molecule has 0 bridgehead atoms. The van der Waals surface area contributed by atoms with Crippen molar-refractivity contribution in [2.45, 2.75) is 50.5 Å². The van der Waals surface area contributed by atoms with Crippen LogP contribution in [0.4, 0.5) is 10.5 Å². The summed E-state index contributed by atoms with van der Waals surface area (Å²) in [5.41, 5.74) is 4.06. The second-order valence-corrected chi connectivity index (χ2v) is 11.9. The highest BCUT2D eigenvalue weighted by Crippen LogP contribution is 2.36. The van der Waals surface area contributed by atoms with Crippen LogP contribution in [-0.2, 0) is 0 Å². The zero-order valence-corrected chi connectivity index (χ0v) is 23.7. The van der Waals surface area contributed by atoms with Gasteiger partial charge in [-0.1, -0.05) is 84.0 Å². The standard InChI is InChI=1S/C31H34Cl3N3O/c32-25-5-3-4-24(16-25)21-8-10-22(11-9-21)30(23-12-14-37(15-13-23)29-6-1-2-7-29)20-35-31(38)36-28-18-26(33)17-27(34)19-28/h3-5,8-11,16-19,23,29-30H,1-2,6-7,12-15,20H2,(H2,35,36,38). The van der Waals surface area contributed by atoms with Gasteiger partial charge in [0.05, 0.1) is 0 Å². The van der Waals surface area contributed by atoms with Gasteiger partial charge in [0.15, 0.2) is 0 Å². The Balaban J connectivity index is 1.29. The van der Waals surface area contributed by atoms with E-state index in [1.807, 2.05) is 18.2 Å². The number of anilines is 1. The van der Waals surface area contributed by atoms with E-state index in [0.717, 1.165) is 48.1 Å². The molecule has 2 N–H and O–H groups in total. The average Bonchev–Trinajstić information content (AvgIpc) is 3.44. The molecule has 0 aromatic heterocycles. The van der Waals surface area contributed by atoms with Crippen LogP contribution in [0.2, 0.25) is 15.1 Å². The van der Waals surface area contributed by atoms with Gasteiger partial charge in [0.25, 0.3) is 0 Å². The third-order valence-corrected chi connectivity index (χ3v) is 8.76. The van der Waals surface area contributed by atoms with Crippen molar-refractivity contribution in [2.75, 3.05) is 25.0 Å². The average molecular weight is 571 g/mol. The molecule has 4 nitrogen and oxygen atoms in total. The number of piperidine rings is 1. The van der Waals surface area contributed by atoms with Crippen molar-refractivity contribution in [1.82, 2.24) is 10.2 Å². The zero-order chi connectivity index (χ0) is 26.5. The van der Waals surface area contributed by atoms with Crippen LogP contribution in [0, 0.1) is 5.92 Å². The number of nitrogens with one attached hydrogen (secondary N) is 2. The van der Waals surface area contributed by atoms with E-state index in [9.17, 15) is 4.79 Å². The first-order valence-corrected chi connectivity index (χ1v) is 14.7. The SMILES string of the molecule is O=C(NCC(c1ccc(-c2cccc(Cl)c2)cc1)C1CCN(C2CCCC2)CC1)Nc1cc(Cl)cc(Cl)c1. The van der Waals surface area contributed by atoms with Crippen molar-refractivity contribution in [3.8, 4) is 11.1 Å². The number of amides is 2. The molecule has 3 aromatic rings. The van der Waals surface area contributed by atoms with Crippen LogP contribution in [-0.4, -0.2) is 36.6 Å². The Labute approximate surface area is 240 Å². The molecule has 5 rings (SSSR count). The molecular formula is C31H34Cl3N3O. The largest absolute Gasteiger partial charge is 0.337 e. The van der Waals surface area contributed by atoms with E-state index in [2.05, 4.69) is 45.9 Å². The van der Waals surface area contributed by atoms with Crippen LogP contribution in [0.3, 0.4) is 0 Å². The van der Waals surface area contributed by atoms with Gasteiger partial charge in [-0.25, -0.2) is 4.79 Å². The van der Waals surface area contributed by atoms with E-state index < -0.39 is 0 Å². The molecule has 2 amide bonds. The molecule has 1 heterocycles. The van der Waals surface area contributed by atoms with Gasteiger partial charge in [-0.05, 0) is 91.7 Å². The number of carbonyl (C=O) groups excluding carboxylic acids is 1. The van der Waals surface area contributed by atoms with Crippen LogP contribution in [0.15, 0.2) is 66.7 Å². The lowest BCUT2D eigenvalue weighted by molar-refractivity contribution is 0.123. The monoisotopic (exact) mass is 569 g/mol. The summed E-state index contributed by atoms with van der Waals surface area (Å²) in [6.07, 6.45) is 7.70. The first-order chi connectivity index (χ1) is 18.4. The molecule has 3 aromatic carbocycles. The highest BCUT2D eigenvalue weighted by Gasteiger charge is 2.31. The van der Waals surface area contributed by atoms with Gasteiger partial charge in [-0.3, -0.25) is 0 Å². The van der Waals surface area contributed by atoms with Gasteiger partial charge in [0, 0.05) is 39.3 Å². The molecule has 0 spiro atoms. The zero-order valence-electron chi connectivity index (χ0n) is 21.4. The summed E-state index contributed by atoms with van der Waals surface area (Å²) >= 11 is 18.4. The Morgan fingerprint density at radius 1 is 0.816 bits per heavy atom. The first kappa shape index (κ1) is 27.3. The molecular weight excluding hydrogens is 537 g/mol. The number of likely N-dealkylation sites (tertiary alicyclic amines) is 1. The topological polar surface area (TPSA) is 44.4 Å². The van der Waals surface area contributed by atoms with Gasteiger partial charge in [-0.15, -0.1) is 0 Å². The molecule has 1 saturated heterocycles. The first-order valence-electron chi connectivity index (χ1n) is 13.6. The Bertz CT molecular complexity index is 1220. The maximum absolute atomic E-state index is 12.8. The lowest BCUT2D eigenvalue weighted by Crippen LogP contribution is -2.43. The van der Waals surface area contributed by atoms with Gasteiger partial charge >= 0.3 is 6.03 Å². The van der Waals surface area contributed by atoms with Gasteiger partial charge < -0.3 is 15.5 Å². The molecule has 1 atom stereocenters. The van der Waals surface area contributed by atoms with E-state index in [-0.39, 0.29) is 11.9 Å². The van der Waals surface area contributed by atoms with Crippen molar-refractivity contribution in [2.24, 2.45) is 5.92 Å². The molecule has 7 heteroatoms. The third kappa shape index (κ3) is 7.04. The summed E-state index contributed by atoms with van der Waals surface area (Å²) < 4.78 is 0. The fourth-order valence-corrected chi connectivity index (χ4v) is 6.82. The number of rotatable bonds is 7. The molecule has 0 radical (unpaired) electrons. The minimum absolute atomic E-state index is 0.225. The Morgan fingerprint density at radius 2 is 1.50 bits per heavy atom. The highest BCUT2D eigenvalue weighted by atomic mass is 35.5. The molecule has 1 unspecified atom stereocenters. The summed E-state index contributed by atoms with van der Waals surface area (Å²) in [6.45, 7) is 2.84. The van der Waals surface area contributed by atoms with E-state index >= 15 is 0 Å². The molecule has 38 heavy (non-hydrogen) atoms. The predicted molar refractivity (Wildman–Crippen MR) is 160 cm³/mol. The smallest absolute Gasteiger partial charge is 0.319 e. The lowest BCUT2D eigenvalue weighted by atomic mass is 9.79. The summed E-state index contributed by atoms with van der Waals surface area (Å²) in [5, 5.41) is 7.69. The summed E-state index contributed by atoms with van der Waals surface area (Å²) in [6, 6.07) is 22.2. The highest BCUT2D eigenvalue weighted by molar-refractivity contribution is 6.35. The molecule has 1 aliphatic carbocycles. The van der Waals surface area contributed by atoms with E-state index in [1.165, 1.54) is 31.2 Å². The quantitative estimate of drug-likeness (QED) is 0.298. The summed E-state index contributed by atoms with van der Waals surface area (Å²) in [7, 11) is 0. The Hall–Kier alpha value is -2.24. The van der Waals surface area contributed by atoms with Crippen LogP contribution in [0.25, 0.3) is 11.1 Å². The number of urea groups is 1. The predicted octanol–water partition coefficient (Wildman–Crippen LogP) is 8.87. The number of nitrogens with zero attached hydrogens (tertiary/aromatic N) is 1. The Morgan fingerprint density at radius 3 is 2.16 bits per heavy atom. The second-order valence-electron chi connectivity index (χ2n) is 10.5. The minimum atomic E-state index is -0.257. The van der Waals surface area contributed by atoms with Crippen LogP contribution in [0.1, 0.15) is 50.0 Å². The Kier molecular flexibility index (Phi) is 9.16. The van der Waals surface area contributed by atoms with Gasteiger partial charge in [0.2, 0.25) is 0 Å². The number of benzene rings is 3. The van der Waals surface area contributed by atoms with Crippen molar-refractivity contribution >= 4 is 46.5 Å². The second kappa shape index (κ2) is 12.7. The maximum Gasteiger partial charge on any atom is 0.319 e. The normalized spacial score (nSPS) is 17.9. The molecule has 2 aliphatic rings. The third-order valence-electron chi connectivity index (χ3n) is 8.08. The molecule has 1 aliphatic heterocycles. The maximum atomic E-state index is 12.8. The van der Waals surface area contributed by atoms with Crippen molar-refractivity contribution < 1.29 is 4.79 Å². The fraction of sp³-hybridized carbons (Fsp3) is 0.387. The number of halogens is 3. The lowest BCUT2D eigenvalue weighted by Gasteiger charge is -2.39. The number of hydrogen-bond acceptors (Lipinski definition) is 2. The number of hydrogen-bond donors (Lipinski definition) is 2. The van der Waals surface area contributed by atoms with Gasteiger partial charge in [-0.2, -0.15) is 0 Å². The van der Waals surface area contributed by atoms with Crippen molar-refractivity contribution in [3.63, 3.8) is 0 Å². The van der Waals surface area contributed by atoms with Crippen LogP contribution < -0.4 is 10.6 Å². The minimum Gasteiger partial charge on any atom is -0.337 e. The van der Waals surface area contributed by atoms with Gasteiger partial charge in [0.1, 0.15) is 0 Å². The van der Waals surface area contributed by atoms with Crippen LogP contribution >= 0.6 is 34.8 Å². The van der Waals surface area contributed by atoms with Crippen molar-refractivity contribution in [1.29, 1.82) is 0 Å². The summed E-state index contributed by atoms with van der Waals surface area (Å²) in [5.74, 6) is 0.730. The molecule has 1 saturated carbocycles. The van der Waals surface area contributed by atoms with E-state index in [1.54, 1.807) is 18.2 Å². The fourth-order valence-electron chi connectivity index (χ4n) is 6.11. The molecule has 2 fully saturated rings. The summed E-state index contributed by atoms with van der Waals surface area (Å²) in [4.78, 5) is 15.5. The van der Waals surface area contributed by atoms with E-state index in [4.69, 9.17) is 34.8 Å². The van der Waals surface area contributed by atoms with Crippen molar-refractivity contribution in [3.05, 3.63) is 87.4 Å². The van der Waals surface area contributed by atoms with E-state index in [0.29, 0.717) is 28.2 Å². The molecule has 200 valence electrons. The van der Waals surface area contributed by atoms with Crippen LogP contribution in [0.5, 0.6) is 0 Å². The number of carbonyl (C=O) groups is 1.